The van der Waals surface area contributed by atoms with Crippen LogP contribution in [0.2, 0.25) is 0 Å². The quantitative estimate of drug-likeness (QED) is 0.100. The first kappa shape index (κ1) is 33.8. The number of imide groups is 1. The SMILES string of the molecule is COc1cc(C2C3=CCC4C(=O)N(c5cccc([N+](=O)[O-])c5)C(=O)C4C3CC3C(=O)C(c4ccccc4)=CC(=O)C32c2ccccc2)cc(OC)c1O. The van der Waals surface area contributed by atoms with E-state index in [9.17, 15) is 24.8 Å². The largest absolute Gasteiger partial charge is 0.502 e. The number of amides is 2. The van der Waals surface area contributed by atoms with E-state index in [0.717, 1.165) is 4.90 Å². The molecule has 2 amide bonds. The van der Waals surface area contributed by atoms with Gasteiger partial charge in [0.15, 0.2) is 23.1 Å². The second-order valence-electron chi connectivity index (χ2n) is 13.9. The molecule has 0 aromatic heterocycles. The molecule has 0 bridgehead atoms. The van der Waals surface area contributed by atoms with E-state index in [4.69, 9.17) is 9.47 Å². The van der Waals surface area contributed by atoms with Crippen LogP contribution in [0.3, 0.4) is 0 Å². The van der Waals surface area contributed by atoms with Gasteiger partial charge in [-0.1, -0.05) is 78.4 Å². The summed E-state index contributed by atoms with van der Waals surface area (Å²) >= 11 is 0. The molecule has 266 valence electrons. The molecule has 11 nitrogen and oxygen atoms in total. The number of non-ortho nitro benzene ring substituents is 1. The minimum atomic E-state index is -1.50. The summed E-state index contributed by atoms with van der Waals surface area (Å²) < 4.78 is 11.2. The fourth-order valence-corrected chi connectivity index (χ4v) is 9.33. The number of Topliss-reactive ketones (excluding diaryl/α,β-unsaturated/α-hetero) is 1. The number of allylic oxidation sites excluding steroid dienone is 4. The summed E-state index contributed by atoms with van der Waals surface area (Å²) in [6.07, 6.45) is 3.60. The summed E-state index contributed by atoms with van der Waals surface area (Å²) in [5, 5.41) is 22.6. The molecular weight excluding hydrogens is 676 g/mol. The highest BCUT2D eigenvalue weighted by Crippen LogP contribution is 2.64. The van der Waals surface area contributed by atoms with Gasteiger partial charge in [0.1, 0.15) is 0 Å². The zero-order valence-corrected chi connectivity index (χ0v) is 28.8. The highest BCUT2D eigenvalue weighted by atomic mass is 16.6. The number of nitrogens with zero attached hydrogens (tertiary/aromatic N) is 2. The minimum Gasteiger partial charge on any atom is -0.502 e. The lowest BCUT2D eigenvalue weighted by atomic mass is 9.44. The van der Waals surface area contributed by atoms with Crippen LogP contribution in [0.25, 0.3) is 5.57 Å². The van der Waals surface area contributed by atoms with E-state index in [2.05, 4.69) is 0 Å². The zero-order chi connectivity index (χ0) is 37.2. The van der Waals surface area contributed by atoms with Crippen molar-refractivity contribution in [2.45, 2.75) is 24.2 Å². The van der Waals surface area contributed by atoms with Crippen molar-refractivity contribution in [2.75, 3.05) is 19.1 Å². The molecule has 11 heteroatoms. The number of benzene rings is 4. The molecule has 8 rings (SSSR count). The second kappa shape index (κ2) is 12.7. The third kappa shape index (κ3) is 4.94. The summed E-state index contributed by atoms with van der Waals surface area (Å²) in [5.41, 5.74) is 1.03. The smallest absolute Gasteiger partial charge is 0.271 e. The number of ether oxygens (including phenoxy) is 2. The van der Waals surface area contributed by atoms with Crippen LogP contribution in [0.1, 0.15) is 35.4 Å². The number of nitro groups is 1. The van der Waals surface area contributed by atoms with Crippen molar-refractivity contribution < 1.29 is 38.7 Å². The van der Waals surface area contributed by atoms with Gasteiger partial charge >= 0.3 is 0 Å². The lowest BCUT2D eigenvalue weighted by Crippen LogP contribution is -2.58. The highest BCUT2D eigenvalue weighted by molar-refractivity contribution is 6.32. The Morgan fingerprint density at radius 2 is 1.49 bits per heavy atom. The molecule has 1 saturated carbocycles. The molecular formula is C42H34N2O9. The average Bonchev–Trinajstić information content (AvgIpc) is 3.44. The number of phenols is 1. The molecule has 4 aromatic rings. The lowest BCUT2D eigenvalue weighted by molar-refractivity contribution is -0.384. The zero-order valence-electron chi connectivity index (χ0n) is 28.8. The van der Waals surface area contributed by atoms with Crippen LogP contribution in [0.5, 0.6) is 17.2 Å². The number of anilines is 1. The van der Waals surface area contributed by atoms with Crippen molar-refractivity contribution in [1.29, 1.82) is 0 Å². The maximum atomic E-state index is 15.2. The maximum absolute atomic E-state index is 15.2. The Balaban J connectivity index is 1.37. The number of carbonyl (C=O) groups is 4. The summed E-state index contributed by atoms with van der Waals surface area (Å²) in [7, 11) is 2.80. The van der Waals surface area contributed by atoms with E-state index < -0.39 is 51.7 Å². The van der Waals surface area contributed by atoms with Crippen LogP contribution in [0, 0.1) is 33.8 Å². The summed E-state index contributed by atoms with van der Waals surface area (Å²) in [6.45, 7) is 0. The molecule has 6 unspecified atom stereocenters. The van der Waals surface area contributed by atoms with Crippen LogP contribution >= 0.6 is 0 Å². The van der Waals surface area contributed by atoms with Gasteiger partial charge in [0.2, 0.25) is 17.6 Å². The molecule has 0 spiro atoms. The van der Waals surface area contributed by atoms with Gasteiger partial charge in [0, 0.05) is 29.5 Å². The Morgan fingerprint density at radius 1 is 0.830 bits per heavy atom. The number of nitro benzene ring substituents is 1. The maximum Gasteiger partial charge on any atom is 0.271 e. The Hall–Kier alpha value is -6.36. The van der Waals surface area contributed by atoms with Gasteiger partial charge < -0.3 is 14.6 Å². The van der Waals surface area contributed by atoms with Gasteiger partial charge in [-0.25, -0.2) is 4.90 Å². The summed E-state index contributed by atoms with van der Waals surface area (Å²) in [5.74, 6) is -5.82. The molecule has 1 saturated heterocycles. The van der Waals surface area contributed by atoms with Gasteiger partial charge in [0.05, 0.1) is 42.1 Å². The first-order valence-electron chi connectivity index (χ1n) is 17.3. The van der Waals surface area contributed by atoms with Gasteiger partial charge in [-0.2, -0.15) is 0 Å². The number of ketones is 2. The number of fused-ring (bicyclic) bond motifs is 4. The van der Waals surface area contributed by atoms with E-state index >= 15 is 9.59 Å². The van der Waals surface area contributed by atoms with Crippen LogP contribution in [0.15, 0.2) is 115 Å². The van der Waals surface area contributed by atoms with Crippen molar-refractivity contribution in [1.82, 2.24) is 0 Å². The monoisotopic (exact) mass is 710 g/mol. The molecule has 53 heavy (non-hydrogen) atoms. The fourth-order valence-electron chi connectivity index (χ4n) is 9.33. The molecule has 0 radical (unpaired) electrons. The molecule has 1 aliphatic heterocycles. The van der Waals surface area contributed by atoms with Gasteiger partial charge in [-0.3, -0.25) is 29.3 Å². The van der Waals surface area contributed by atoms with Crippen molar-refractivity contribution in [3.05, 3.63) is 142 Å². The molecule has 1 N–H and O–H groups in total. The summed E-state index contributed by atoms with van der Waals surface area (Å²) in [4.78, 5) is 71.1. The Morgan fingerprint density at radius 3 is 2.13 bits per heavy atom. The molecule has 4 aromatic carbocycles. The van der Waals surface area contributed by atoms with Gasteiger partial charge in [0.25, 0.3) is 5.69 Å². The highest BCUT2D eigenvalue weighted by Gasteiger charge is 2.66. The van der Waals surface area contributed by atoms with E-state index in [0.29, 0.717) is 22.3 Å². The molecule has 2 fully saturated rings. The van der Waals surface area contributed by atoms with Gasteiger partial charge in [-0.15, -0.1) is 0 Å². The van der Waals surface area contributed by atoms with E-state index in [1.54, 1.807) is 36.4 Å². The van der Waals surface area contributed by atoms with Crippen LogP contribution < -0.4 is 14.4 Å². The average molecular weight is 711 g/mol. The first-order chi connectivity index (χ1) is 25.6. The van der Waals surface area contributed by atoms with Crippen molar-refractivity contribution in [3.63, 3.8) is 0 Å². The Bertz CT molecular complexity index is 2260. The van der Waals surface area contributed by atoms with Crippen molar-refractivity contribution in [2.24, 2.45) is 23.7 Å². The number of carbonyl (C=O) groups excluding carboxylic acids is 4. The number of hydrogen-bond acceptors (Lipinski definition) is 9. The van der Waals surface area contributed by atoms with Crippen LogP contribution in [0.4, 0.5) is 11.4 Å². The first-order valence-corrected chi connectivity index (χ1v) is 17.3. The van der Waals surface area contributed by atoms with Crippen LogP contribution in [-0.4, -0.2) is 47.6 Å². The second-order valence-corrected chi connectivity index (χ2v) is 13.9. The number of methoxy groups -OCH3 is 2. The Labute approximate surface area is 304 Å². The van der Waals surface area contributed by atoms with Crippen molar-refractivity contribution in [3.8, 4) is 17.2 Å². The minimum absolute atomic E-state index is 0.0846. The normalized spacial score (nSPS) is 26.2. The number of rotatable bonds is 7. The predicted molar refractivity (Wildman–Crippen MR) is 193 cm³/mol. The molecule has 4 aliphatic rings. The number of aromatic hydroxyl groups is 1. The summed E-state index contributed by atoms with van der Waals surface area (Å²) in [6, 6.07) is 26.8. The van der Waals surface area contributed by atoms with Crippen LogP contribution in [-0.2, 0) is 24.6 Å². The number of hydrogen-bond donors (Lipinski definition) is 1. The standard InChI is InChI=1S/C42H34N2O9/c1-52-33-18-24(19-34(53-2)39(33)47)37-28-16-17-29-36(41(49)43(40(29)48)26-14-9-15-27(20-26)44(50)51)31(28)21-32-38(46)30(23-10-5-3-6-11-23)22-35(45)42(32,37)25-12-7-4-8-13-25/h3-16,18-20,22,29,31-32,36-37,47H,17,21H2,1-2H3. The number of phenolic OH excluding ortho intramolecular Hbond substituents is 1. The van der Waals surface area contributed by atoms with Crippen molar-refractivity contribution >= 4 is 40.3 Å². The lowest BCUT2D eigenvalue weighted by Gasteiger charge is -2.55. The van der Waals surface area contributed by atoms with E-state index in [1.807, 2.05) is 42.5 Å². The molecule has 1 heterocycles. The third-order valence-corrected chi connectivity index (χ3v) is 11.5. The Kier molecular flexibility index (Phi) is 8.09. The predicted octanol–water partition coefficient (Wildman–Crippen LogP) is 6.35. The van der Waals surface area contributed by atoms with Gasteiger partial charge in [-0.05, 0) is 59.7 Å². The van der Waals surface area contributed by atoms with E-state index in [1.165, 1.54) is 44.6 Å². The molecule has 6 atom stereocenters. The third-order valence-electron chi connectivity index (χ3n) is 11.5. The van der Waals surface area contributed by atoms with E-state index in [-0.39, 0.29) is 58.6 Å². The topological polar surface area (TPSA) is 153 Å². The fraction of sp³-hybridized carbons (Fsp3) is 0.238. The molecule has 3 aliphatic carbocycles.